The zero-order chi connectivity index (χ0) is 17.3. The molecule has 132 valence electrons. The van der Waals surface area contributed by atoms with Crippen molar-refractivity contribution in [2.45, 2.75) is 38.9 Å². The third kappa shape index (κ3) is 5.57. The first kappa shape index (κ1) is 17.4. The molecule has 3 rings (SSSR count). The van der Waals surface area contributed by atoms with Gasteiger partial charge in [0.15, 0.2) is 0 Å². The number of amides is 2. The smallest absolute Gasteiger partial charge is 0.315 e. The van der Waals surface area contributed by atoms with Crippen LogP contribution in [0.3, 0.4) is 0 Å². The van der Waals surface area contributed by atoms with Crippen molar-refractivity contribution in [3.63, 3.8) is 0 Å². The van der Waals surface area contributed by atoms with Crippen molar-refractivity contribution in [3.05, 3.63) is 65.5 Å². The number of carbonyl (C=O) groups excluding carboxylic acids is 1. The highest BCUT2D eigenvalue weighted by atomic mass is 16.2. The number of rotatable bonds is 6. The third-order valence-corrected chi connectivity index (χ3v) is 4.58. The van der Waals surface area contributed by atoms with E-state index in [0.717, 1.165) is 12.1 Å². The maximum absolute atomic E-state index is 12.0. The van der Waals surface area contributed by atoms with Crippen molar-refractivity contribution in [3.8, 4) is 0 Å². The monoisotopic (exact) mass is 338 g/mol. The van der Waals surface area contributed by atoms with Crippen LogP contribution in [0.2, 0.25) is 0 Å². The van der Waals surface area contributed by atoms with E-state index in [-0.39, 0.29) is 6.03 Å². The zero-order valence-corrected chi connectivity index (χ0v) is 14.6. The first-order chi connectivity index (χ1) is 12.3. The fourth-order valence-corrected chi connectivity index (χ4v) is 3.17. The van der Waals surface area contributed by atoms with Gasteiger partial charge in [-0.25, -0.2) is 4.79 Å². The van der Waals surface area contributed by atoms with Gasteiger partial charge in [0.1, 0.15) is 0 Å². The topological polar surface area (TPSA) is 57.3 Å². The molecule has 0 bridgehead atoms. The second-order valence-corrected chi connectivity index (χ2v) is 6.50. The normalized spacial score (nSPS) is 14.9. The number of carbonyl (C=O) groups is 1. The van der Waals surface area contributed by atoms with E-state index in [0.29, 0.717) is 13.1 Å². The van der Waals surface area contributed by atoms with E-state index >= 15 is 0 Å². The Kier molecular flexibility index (Phi) is 6.40. The molecule has 2 aromatic rings. The predicted octanol–water partition coefficient (Wildman–Crippen LogP) is 3.07. The highest BCUT2D eigenvalue weighted by molar-refractivity contribution is 5.73. The number of piperidine rings is 1. The quantitative estimate of drug-likeness (QED) is 0.851. The molecular weight excluding hydrogens is 312 g/mol. The first-order valence-electron chi connectivity index (χ1n) is 9.01. The Morgan fingerprint density at radius 1 is 0.960 bits per heavy atom. The van der Waals surface area contributed by atoms with Gasteiger partial charge in [0.05, 0.1) is 0 Å². The Hall–Kier alpha value is -2.40. The number of hydrogen-bond donors (Lipinski definition) is 2. The van der Waals surface area contributed by atoms with Crippen LogP contribution in [0.4, 0.5) is 4.79 Å². The fraction of sp³-hybridized carbons (Fsp3) is 0.400. The lowest BCUT2D eigenvalue weighted by molar-refractivity contribution is 0.220. The summed E-state index contributed by atoms with van der Waals surface area (Å²) in [5.41, 5.74) is 3.48. The minimum absolute atomic E-state index is 0.156. The van der Waals surface area contributed by atoms with E-state index in [2.05, 4.69) is 38.7 Å². The van der Waals surface area contributed by atoms with Gasteiger partial charge in [0.25, 0.3) is 0 Å². The molecule has 2 N–H and O–H groups in total. The van der Waals surface area contributed by atoms with Crippen LogP contribution in [0, 0.1) is 0 Å². The SMILES string of the molecule is O=C(NCc1cccnc1)NCc1ccccc1CN1CCCCC1. The molecule has 0 radical (unpaired) electrons. The van der Waals surface area contributed by atoms with Gasteiger partial charge in [-0.1, -0.05) is 36.8 Å². The second-order valence-electron chi connectivity index (χ2n) is 6.50. The molecule has 1 aromatic carbocycles. The summed E-state index contributed by atoms with van der Waals surface area (Å²) in [7, 11) is 0. The highest BCUT2D eigenvalue weighted by Gasteiger charge is 2.12. The third-order valence-electron chi connectivity index (χ3n) is 4.58. The lowest BCUT2D eigenvalue weighted by Gasteiger charge is -2.27. The number of likely N-dealkylation sites (tertiary alicyclic amines) is 1. The van der Waals surface area contributed by atoms with Crippen LogP contribution < -0.4 is 10.6 Å². The number of nitrogens with one attached hydrogen (secondary N) is 2. The molecule has 2 heterocycles. The molecule has 0 unspecified atom stereocenters. The van der Waals surface area contributed by atoms with Crippen molar-refractivity contribution >= 4 is 6.03 Å². The summed E-state index contributed by atoms with van der Waals surface area (Å²) in [4.78, 5) is 18.6. The summed E-state index contributed by atoms with van der Waals surface area (Å²) in [6, 6.07) is 12.0. The van der Waals surface area contributed by atoms with Gasteiger partial charge in [-0.15, -0.1) is 0 Å². The second kappa shape index (κ2) is 9.18. The lowest BCUT2D eigenvalue weighted by Crippen LogP contribution is -2.35. The van der Waals surface area contributed by atoms with Crippen LogP contribution in [0.15, 0.2) is 48.8 Å². The number of urea groups is 1. The van der Waals surface area contributed by atoms with Gasteiger partial charge >= 0.3 is 6.03 Å². The van der Waals surface area contributed by atoms with Crippen LogP contribution >= 0.6 is 0 Å². The van der Waals surface area contributed by atoms with E-state index in [1.54, 1.807) is 12.4 Å². The lowest BCUT2D eigenvalue weighted by atomic mass is 10.0. The van der Waals surface area contributed by atoms with Gasteiger partial charge in [0, 0.05) is 32.0 Å². The van der Waals surface area contributed by atoms with E-state index in [1.165, 1.54) is 43.5 Å². The number of nitrogens with zero attached hydrogens (tertiary/aromatic N) is 2. The van der Waals surface area contributed by atoms with E-state index in [4.69, 9.17) is 0 Å². The molecule has 0 atom stereocenters. The highest BCUT2D eigenvalue weighted by Crippen LogP contribution is 2.16. The Morgan fingerprint density at radius 2 is 1.72 bits per heavy atom. The van der Waals surface area contributed by atoms with Crippen LogP contribution in [-0.2, 0) is 19.6 Å². The molecule has 5 heteroatoms. The van der Waals surface area contributed by atoms with Gasteiger partial charge in [-0.3, -0.25) is 9.88 Å². The van der Waals surface area contributed by atoms with Crippen molar-refractivity contribution < 1.29 is 4.79 Å². The Bertz CT molecular complexity index is 668. The van der Waals surface area contributed by atoms with Crippen molar-refractivity contribution in [1.82, 2.24) is 20.5 Å². The average Bonchev–Trinajstić information content (AvgIpc) is 2.67. The molecule has 1 saturated heterocycles. The Labute approximate surface area is 149 Å². The standard InChI is InChI=1S/C20H26N4O/c25-20(22-14-17-7-6-10-21-13-17)23-15-18-8-2-3-9-19(18)16-24-11-4-1-5-12-24/h2-3,6-10,13H,1,4-5,11-12,14-16H2,(H2,22,23,25). The summed E-state index contributed by atoms with van der Waals surface area (Å²) in [6.45, 7) is 4.34. The van der Waals surface area contributed by atoms with E-state index in [9.17, 15) is 4.79 Å². The van der Waals surface area contributed by atoms with Gasteiger partial charge < -0.3 is 10.6 Å². The number of benzene rings is 1. The Balaban J connectivity index is 1.49. The van der Waals surface area contributed by atoms with E-state index < -0.39 is 0 Å². The molecule has 0 spiro atoms. The van der Waals surface area contributed by atoms with Crippen molar-refractivity contribution in [1.29, 1.82) is 0 Å². The van der Waals surface area contributed by atoms with Gasteiger partial charge in [-0.05, 0) is 48.7 Å². The molecule has 5 nitrogen and oxygen atoms in total. The molecule has 1 fully saturated rings. The summed E-state index contributed by atoms with van der Waals surface area (Å²) < 4.78 is 0. The van der Waals surface area contributed by atoms with Crippen LogP contribution in [0.1, 0.15) is 36.0 Å². The summed E-state index contributed by atoms with van der Waals surface area (Å²) >= 11 is 0. The summed E-state index contributed by atoms with van der Waals surface area (Å²) in [6.07, 6.45) is 7.40. The number of pyridine rings is 1. The van der Waals surface area contributed by atoms with Gasteiger partial charge in [-0.2, -0.15) is 0 Å². The minimum atomic E-state index is -0.156. The number of hydrogen-bond acceptors (Lipinski definition) is 3. The van der Waals surface area contributed by atoms with Crippen LogP contribution in [-0.4, -0.2) is 29.0 Å². The Morgan fingerprint density at radius 3 is 2.48 bits per heavy atom. The molecule has 1 aliphatic rings. The molecule has 0 saturated carbocycles. The molecule has 0 aliphatic carbocycles. The maximum Gasteiger partial charge on any atom is 0.315 e. The van der Waals surface area contributed by atoms with Gasteiger partial charge in [0.2, 0.25) is 0 Å². The van der Waals surface area contributed by atoms with Crippen LogP contribution in [0.5, 0.6) is 0 Å². The van der Waals surface area contributed by atoms with Crippen molar-refractivity contribution in [2.75, 3.05) is 13.1 Å². The fourth-order valence-electron chi connectivity index (χ4n) is 3.17. The molecular formula is C20H26N4O. The maximum atomic E-state index is 12.0. The summed E-state index contributed by atoms with van der Waals surface area (Å²) in [5, 5.41) is 5.83. The molecule has 1 aliphatic heterocycles. The largest absolute Gasteiger partial charge is 0.334 e. The minimum Gasteiger partial charge on any atom is -0.334 e. The predicted molar refractivity (Wildman–Crippen MR) is 98.9 cm³/mol. The average molecular weight is 338 g/mol. The molecule has 2 amide bonds. The zero-order valence-electron chi connectivity index (χ0n) is 14.6. The molecule has 1 aromatic heterocycles. The van der Waals surface area contributed by atoms with Crippen molar-refractivity contribution in [2.24, 2.45) is 0 Å². The molecule has 25 heavy (non-hydrogen) atoms. The summed E-state index contributed by atoms with van der Waals surface area (Å²) in [5.74, 6) is 0. The van der Waals surface area contributed by atoms with Crippen LogP contribution in [0.25, 0.3) is 0 Å². The van der Waals surface area contributed by atoms with E-state index in [1.807, 2.05) is 18.2 Å². The first-order valence-corrected chi connectivity index (χ1v) is 9.01. The number of aromatic nitrogens is 1.